The van der Waals surface area contributed by atoms with Crippen molar-refractivity contribution in [2.45, 2.75) is 30.1 Å². The maximum absolute atomic E-state index is 14.4. The number of pyridine rings is 1. The highest BCUT2D eigenvalue weighted by Crippen LogP contribution is 2.34. The molecular weight excluding hydrogens is 397 g/mol. The Morgan fingerprint density at radius 2 is 1.93 bits per heavy atom. The molecule has 0 atom stereocenters. The minimum Gasteiger partial charge on any atom is -0.265 e. The molecule has 3 aromatic heterocycles. The molecule has 3 aromatic rings. The number of rotatable bonds is 4. The standard InChI is InChI=1S/C16H17F3N6O2S/c1-23-15(16(18)19)13(7-21-23)28(26,27)24-4-2-10(3-5-24)11-8-25-14(6-12(11)17)20-9-22-25/h6-10,16H,2-5H2,1H3. The Morgan fingerprint density at radius 3 is 2.61 bits per heavy atom. The molecule has 1 aliphatic heterocycles. The molecule has 0 amide bonds. The van der Waals surface area contributed by atoms with Crippen LogP contribution in [0.25, 0.3) is 5.65 Å². The topological polar surface area (TPSA) is 85.4 Å². The Balaban J connectivity index is 1.56. The minimum atomic E-state index is -4.11. The van der Waals surface area contributed by atoms with Gasteiger partial charge in [0.25, 0.3) is 6.43 Å². The second kappa shape index (κ2) is 6.85. The number of halogens is 3. The fourth-order valence-corrected chi connectivity index (χ4v) is 5.21. The summed E-state index contributed by atoms with van der Waals surface area (Å²) in [6.45, 7) is 0.193. The molecule has 0 spiro atoms. The Kier molecular flexibility index (Phi) is 4.62. The van der Waals surface area contributed by atoms with Crippen LogP contribution in [0.1, 0.15) is 36.4 Å². The fraction of sp³-hybridized carbons (Fsp3) is 0.438. The van der Waals surface area contributed by atoms with Crippen LogP contribution in [0.3, 0.4) is 0 Å². The summed E-state index contributed by atoms with van der Waals surface area (Å²) in [5, 5.41) is 7.65. The number of sulfonamides is 1. The van der Waals surface area contributed by atoms with Gasteiger partial charge in [-0.15, -0.1) is 0 Å². The zero-order valence-corrected chi connectivity index (χ0v) is 15.7. The second-order valence-electron chi connectivity index (χ2n) is 6.64. The van der Waals surface area contributed by atoms with Gasteiger partial charge in [-0.05, 0) is 18.8 Å². The number of nitrogens with zero attached hydrogens (tertiary/aromatic N) is 6. The molecule has 0 saturated carbocycles. The van der Waals surface area contributed by atoms with Crippen molar-refractivity contribution in [2.75, 3.05) is 13.1 Å². The third-order valence-electron chi connectivity index (χ3n) is 5.06. The van der Waals surface area contributed by atoms with Crippen LogP contribution in [0.5, 0.6) is 0 Å². The summed E-state index contributed by atoms with van der Waals surface area (Å²) in [4.78, 5) is 3.44. The average molecular weight is 414 g/mol. The van der Waals surface area contributed by atoms with E-state index in [9.17, 15) is 21.6 Å². The van der Waals surface area contributed by atoms with Crippen LogP contribution < -0.4 is 0 Å². The quantitative estimate of drug-likeness (QED) is 0.653. The number of piperidine rings is 1. The van der Waals surface area contributed by atoms with E-state index >= 15 is 0 Å². The Bertz CT molecular complexity index is 1120. The number of fused-ring (bicyclic) bond motifs is 1. The zero-order valence-electron chi connectivity index (χ0n) is 14.8. The van der Waals surface area contributed by atoms with Gasteiger partial charge in [-0.1, -0.05) is 0 Å². The molecule has 12 heteroatoms. The van der Waals surface area contributed by atoms with E-state index in [0.29, 0.717) is 24.1 Å². The number of aryl methyl sites for hydroxylation is 1. The van der Waals surface area contributed by atoms with Crippen LogP contribution in [-0.4, -0.2) is 50.2 Å². The molecule has 150 valence electrons. The molecule has 0 unspecified atom stereocenters. The molecule has 8 nitrogen and oxygen atoms in total. The van der Waals surface area contributed by atoms with Gasteiger partial charge in [-0.25, -0.2) is 31.1 Å². The van der Waals surface area contributed by atoms with E-state index in [1.807, 2.05) is 0 Å². The van der Waals surface area contributed by atoms with Crippen molar-refractivity contribution < 1.29 is 21.6 Å². The third kappa shape index (κ3) is 3.05. The summed E-state index contributed by atoms with van der Waals surface area (Å²) in [7, 11) is -2.84. The van der Waals surface area contributed by atoms with Crippen LogP contribution in [0.4, 0.5) is 13.2 Å². The van der Waals surface area contributed by atoms with Crippen molar-refractivity contribution >= 4 is 15.7 Å². The first-order chi connectivity index (χ1) is 13.3. The second-order valence-corrected chi connectivity index (χ2v) is 8.54. The number of alkyl halides is 2. The van der Waals surface area contributed by atoms with Gasteiger partial charge in [0.2, 0.25) is 10.0 Å². The van der Waals surface area contributed by atoms with Crippen molar-refractivity contribution in [3.05, 3.63) is 41.9 Å². The molecule has 0 radical (unpaired) electrons. The highest BCUT2D eigenvalue weighted by atomic mass is 32.2. The predicted molar refractivity (Wildman–Crippen MR) is 91.8 cm³/mol. The molecule has 0 aromatic carbocycles. The number of aromatic nitrogens is 5. The largest absolute Gasteiger partial charge is 0.281 e. The van der Waals surface area contributed by atoms with Crippen LogP contribution in [-0.2, 0) is 17.1 Å². The Labute approximate surface area is 158 Å². The van der Waals surface area contributed by atoms with E-state index in [4.69, 9.17) is 0 Å². The van der Waals surface area contributed by atoms with Gasteiger partial charge in [0.1, 0.15) is 22.7 Å². The molecule has 1 aliphatic rings. The lowest BCUT2D eigenvalue weighted by atomic mass is 9.91. The summed E-state index contributed by atoms with van der Waals surface area (Å²) in [6.07, 6.45) is 1.59. The summed E-state index contributed by atoms with van der Waals surface area (Å²) >= 11 is 0. The van der Waals surface area contributed by atoms with Gasteiger partial charge in [0, 0.05) is 38.0 Å². The van der Waals surface area contributed by atoms with Crippen LogP contribution in [0, 0.1) is 5.82 Å². The summed E-state index contributed by atoms with van der Waals surface area (Å²) < 4.78 is 70.0. The number of hydrogen-bond donors (Lipinski definition) is 0. The maximum Gasteiger partial charge on any atom is 0.281 e. The van der Waals surface area contributed by atoms with Gasteiger partial charge in [-0.2, -0.15) is 14.5 Å². The van der Waals surface area contributed by atoms with Crippen molar-refractivity contribution in [2.24, 2.45) is 7.05 Å². The summed E-state index contributed by atoms with van der Waals surface area (Å²) in [5.74, 6) is -0.627. The van der Waals surface area contributed by atoms with Gasteiger partial charge < -0.3 is 0 Å². The first-order valence-electron chi connectivity index (χ1n) is 8.58. The van der Waals surface area contributed by atoms with Crippen molar-refractivity contribution in [1.29, 1.82) is 0 Å². The molecule has 4 rings (SSSR count). The van der Waals surface area contributed by atoms with Crippen molar-refractivity contribution in [3.8, 4) is 0 Å². The predicted octanol–water partition coefficient (Wildman–Crippen LogP) is 2.11. The Hall–Kier alpha value is -2.47. The third-order valence-corrected chi connectivity index (χ3v) is 6.98. The van der Waals surface area contributed by atoms with Crippen LogP contribution in [0.2, 0.25) is 0 Å². The molecule has 4 heterocycles. The lowest BCUT2D eigenvalue weighted by Crippen LogP contribution is -2.38. The smallest absolute Gasteiger partial charge is 0.265 e. The monoisotopic (exact) mass is 414 g/mol. The van der Waals surface area contributed by atoms with E-state index in [2.05, 4.69) is 15.2 Å². The molecule has 1 saturated heterocycles. The first kappa shape index (κ1) is 18.9. The highest BCUT2D eigenvalue weighted by Gasteiger charge is 2.35. The summed E-state index contributed by atoms with van der Waals surface area (Å²) in [6, 6.07) is 1.29. The highest BCUT2D eigenvalue weighted by molar-refractivity contribution is 7.89. The normalized spacial score (nSPS) is 17.0. The lowest BCUT2D eigenvalue weighted by Gasteiger charge is -2.31. The Morgan fingerprint density at radius 1 is 1.21 bits per heavy atom. The average Bonchev–Trinajstić information content (AvgIpc) is 3.27. The van der Waals surface area contributed by atoms with Crippen LogP contribution >= 0.6 is 0 Å². The van der Waals surface area contributed by atoms with E-state index in [-0.39, 0.29) is 19.0 Å². The fourth-order valence-electron chi connectivity index (χ4n) is 3.57. The molecular formula is C16H17F3N6O2S. The first-order valence-corrected chi connectivity index (χ1v) is 10.0. The van der Waals surface area contributed by atoms with E-state index in [1.165, 1.54) is 24.0 Å². The lowest BCUT2D eigenvalue weighted by molar-refractivity contribution is 0.137. The van der Waals surface area contributed by atoms with E-state index in [1.54, 1.807) is 6.20 Å². The summed E-state index contributed by atoms with van der Waals surface area (Å²) in [5.41, 5.74) is 0.187. The molecule has 0 aliphatic carbocycles. The van der Waals surface area contributed by atoms with Gasteiger partial charge in [0.15, 0.2) is 5.65 Å². The van der Waals surface area contributed by atoms with E-state index < -0.39 is 32.9 Å². The van der Waals surface area contributed by atoms with Gasteiger partial charge in [0.05, 0.1) is 6.20 Å². The number of hydrogen-bond acceptors (Lipinski definition) is 5. The SMILES string of the molecule is Cn1ncc(S(=O)(=O)N2CCC(c3cn4ncnc4cc3F)CC2)c1C(F)F. The van der Waals surface area contributed by atoms with Crippen molar-refractivity contribution in [3.63, 3.8) is 0 Å². The molecule has 1 fully saturated rings. The van der Waals surface area contributed by atoms with Gasteiger partial charge in [-0.3, -0.25) is 4.68 Å². The zero-order chi connectivity index (χ0) is 20.1. The molecule has 0 bridgehead atoms. The molecule has 0 N–H and O–H groups in total. The van der Waals surface area contributed by atoms with Gasteiger partial charge >= 0.3 is 0 Å². The maximum atomic E-state index is 14.4. The van der Waals surface area contributed by atoms with Crippen molar-refractivity contribution in [1.82, 2.24) is 28.7 Å². The molecule has 28 heavy (non-hydrogen) atoms. The van der Waals surface area contributed by atoms with Crippen LogP contribution in [0.15, 0.2) is 29.7 Å². The minimum absolute atomic E-state index is 0.0966. The van der Waals surface area contributed by atoms with E-state index in [0.717, 1.165) is 15.2 Å².